The summed E-state index contributed by atoms with van der Waals surface area (Å²) in [4.78, 5) is 18.5. The molecule has 0 spiro atoms. The maximum Gasteiger partial charge on any atom is 0.332 e. The SMILES string of the molecule is C=CCCC(c1ccccc1)P(=O)(O)O. The maximum atomic E-state index is 11.3. The molecule has 0 amide bonds. The van der Waals surface area contributed by atoms with Gasteiger partial charge >= 0.3 is 7.60 Å². The van der Waals surface area contributed by atoms with E-state index >= 15 is 0 Å². The predicted molar refractivity (Wildman–Crippen MR) is 60.7 cm³/mol. The van der Waals surface area contributed by atoms with Crippen molar-refractivity contribution in [2.75, 3.05) is 0 Å². The van der Waals surface area contributed by atoms with E-state index in [-0.39, 0.29) is 0 Å². The molecule has 0 aliphatic heterocycles. The number of hydrogen-bond acceptors (Lipinski definition) is 1. The first kappa shape index (κ1) is 12.2. The van der Waals surface area contributed by atoms with Gasteiger partial charge in [-0.25, -0.2) is 0 Å². The van der Waals surface area contributed by atoms with E-state index in [1.807, 2.05) is 6.07 Å². The van der Waals surface area contributed by atoms with E-state index in [1.54, 1.807) is 30.3 Å². The second-order valence-corrected chi connectivity index (χ2v) is 5.18. The highest BCUT2D eigenvalue weighted by atomic mass is 31.2. The lowest BCUT2D eigenvalue weighted by atomic mass is 10.1. The molecule has 0 aromatic heterocycles. The maximum absolute atomic E-state index is 11.3. The van der Waals surface area contributed by atoms with E-state index in [9.17, 15) is 14.4 Å². The van der Waals surface area contributed by atoms with Gasteiger partial charge in [-0.3, -0.25) is 4.57 Å². The Hall–Kier alpha value is -0.890. The van der Waals surface area contributed by atoms with Crippen molar-refractivity contribution in [3.63, 3.8) is 0 Å². The fraction of sp³-hybridized carbons (Fsp3) is 0.273. The van der Waals surface area contributed by atoms with Crippen molar-refractivity contribution in [2.24, 2.45) is 0 Å². The highest BCUT2D eigenvalue weighted by Crippen LogP contribution is 2.54. The van der Waals surface area contributed by atoms with Gasteiger partial charge < -0.3 is 9.79 Å². The van der Waals surface area contributed by atoms with Gasteiger partial charge in [0.15, 0.2) is 0 Å². The van der Waals surface area contributed by atoms with Gasteiger partial charge in [-0.15, -0.1) is 6.58 Å². The van der Waals surface area contributed by atoms with Crippen molar-refractivity contribution in [2.45, 2.75) is 18.5 Å². The smallest absolute Gasteiger partial charge is 0.324 e. The van der Waals surface area contributed by atoms with Crippen LogP contribution in [0.4, 0.5) is 0 Å². The van der Waals surface area contributed by atoms with Gasteiger partial charge in [0.25, 0.3) is 0 Å². The lowest BCUT2D eigenvalue weighted by molar-refractivity contribution is 0.356. The lowest BCUT2D eigenvalue weighted by Crippen LogP contribution is -1.99. The molecule has 1 rings (SSSR count). The first-order valence-electron chi connectivity index (χ1n) is 4.76. The minimum absolute atomic E-state index is 0.428. The fourth-order valence-corrected chi connectivity index (χ4v) is 2.53. The van der Waals surface area contributed by atoms with Gasteiger partial charge in [0.05, 0.1) is 5.66 Å². The summed E-state index contributed by atoms with van der Waals surface area (Å²) in [5.74, 6) is 0. The zero-order valence-electron chi connectivity index (χ0n) is 8.41. The van der Waals surface area contributed by atoms with E-state index in [2.05, 4.69) is 6.58 Å². The van der Waals surface area contributed by atoms with Gasteiger partial charge in [-0.05, 0) is 18.4 Å². The topological polar surface area (TPSA) is 57.5 Å². The van der Waals surface area contributed by atoms with Gasteiger partial charge in [-0.1, -0.05) is 36.4 Å². The minimum Gasteiger partial charge on any atom is -0.324 e. The molecule has 82 valence electrons. The van der Waals surface area contributed by atoms with Gasteiger partial charge in [-0.2, -0.15) is 0 Å². The Morgan fingerprint density at radius 2 is 1.93 bits per heavy atom. The Kier molecular flexibility index (Phi) is 4.28. The number of benzene rings is 1. The standard InChI is InChI=1S/C11H15O3P/c1-2-3-9-11(15(12,13)14)10-7-5-4-6-8-10/h2,4-8,11H,1,3,9H2,(H2,12,13,14). The number of hydrogen-bond donors (Lipinski definition) is 2. The molecule has 3 nitrogen and oxygen atoms in total. The Bertz CT molecular complexity index is 355. The third kappa shape index (κ3) is 3.63. The molecular formula is C11H15O3P. The van der Waals surface area contributed by atoms with Crippen molar-refractivity contribution in [1.82, 2.24) is 0 Å². The molecule has 15 heavy (non-hydrogen) atoms. The molecule has 1 atom stereocenters. The summed E-state index contributed by atoms with van der Waals surface area (Å²) < 4.78 is 11.3. The monoisotopic (exact) mass is 226 g/mol. The average molecular weight is 226 g/mol. The van der Waals surface area contributed by atoms with Crippen LogP contribution in [0, 0.1) is 0 Å². The van der Waals surface area contributed by atoms with Crippen molar-refractivity contribution in [1.29, 1.82) is 0 Å². The van der Waals surface area contributed by atoms with E-state index in [0.717, 1.165) is 0 Å². The van der Waals surface area contributed by atoms with Crippen LogP contribution in [0.1, 0.15) is 24.1 Å². The third-order valence-electron chi connectivity index (χ3n) is 2.23. The fourth-order valence-electron chi connectivity index (χ4n) is 1.48. The van der Waals surface area contributed by atoms with E-state index < -0.39 is 13.3 Å². The first-order chi connectivity index (χ1) is 7.05. The summed E-state index contributed by atoms with van der Waals surface area (Å²) >= 11 is 0. The summed E-state index contributed by atoms with van der Waals surface area (Å²) in [6.45, 7) is 3.56. The molecule has 0 fully saturated rings. The minimum atomic E-state index is -4.08. The number of rotatable bonds is 5. The Labute approximate surface area is 89.6 Å². The Balaban J connectivity index is 2.91. The lowest BCUT2D eigenvalue weighted by Gasteiger charge is -2.17. The average Bonchev–Trinajstić information content (AvgIpc) is 2.18. The van der Waals surface area contributed by atoms with Gasteiger partial charge in [0, 0.05) is 0 Å². The highest BCUT2D eigenvalue weighted by Gasteiger charge is 2.29. The van der Waals surface area contributed by atoms with Crippen molar-refractivity contribution >= 4 is 7.60 Å². The second-order valence-electron chi connectivity index (χ2n) is 3.38. The molecule has 0 saturated heterocycles. The van der Waals surface area contributed by atoms with Crippen molar-refractivity contribution in [3.05, 3.63) is 48.6 Å². The molecule has 0 saturated carbocycles. The summed E-state index contributed by atoms with van der Waals surface area (Å²) in [5, 5.41) is 0. The molecule has 2 N–H and O–H groups in total. The van der Waals surface area contributed by atoms with Crippen LogP contribution >= 0.6 is 7.60 Å². The van der Waals surface area contributed by atoms with Crippen LogP contribution in [0.15, 0.2) is 43.0 Å². The van der Waals surface area contributed by atoms with Crippen LogP contribution in [0.3, 0.4) is 0 Å². The number of allylic oxidation sites excluding steroid dienone is 1. The van der Waals surface area contributed by atoms with Crippen LogP contribution in [-0.2, 0) is 4.57 Å². The first-order valence-corrected chi connectivity index (χ1v) is 6.45. The molecule has 0 aliphatic carbocycles. The molecule has 1 aromatic rings. The summed E-state index contributed by atoms with van der Waals surface area (Å²) in [6, 6.07) is 8.88. The Morgan fingerprint density at radius 1 is 1.33 bits per heavy atom. The predicted octanol–water partition coefficient (Wildman–Crippen LogP) is 2.87. The second kappa shape index (κ2) is 5.26. The largest absolute Gasteiger partial charge is 0.332 e. The zero-order valence-corrected chi connectivity index (χ0v) is 9.31. The van der Waals surface area contributed by atoms with Gasteiger partial charge in [0.1, 0.15) is 0 Å². The summed E-state index contributed by atoms with van der Waals surface area (Å²) in [7, 11) is -4.08. The summed E-state index contributed by atoms with van der Waals surface area (Å²) in [6.07, 6.45) is 2.70. The normalized spacial score (nSPS) is 13.5. The molecule has 4 heteroatoms. The van der Waals surface area contributed by atoms with Crippen molar-refractivity contribution in [3.8, 4) is 0 Å². The van der Waals surface area contributed by atoms with Crippen LogP contribution in [0.2, 0.25) is 0 Å². The Morgan fingerprint density at radius 3 is 2.40 bits per heavy atom. The molecule has 0 bridgehead atoms. The van der Waals surface area contributed by atoms with Crippen LogP contribution in [-0.4, -0.2) is 9.79 Å². The molecule has 1 unspecified atom stereocenters. The summed E-state index contributed by atoms with van der Waals surface area (Å²) in [5.41, 5.74) is -0.0237. The van der Waals surface area contributed by atoms with Crippen LogP contribution in [0.25, 0.3) is 0 Å². The molecule has 0 heterocycles. The molecular weight excluding hydrogens is 211 g/mol. The van der Waals surface area contributed by atoms with Gasteiger partial charge in [0.2, 0.25) is 0 Å². The molecule has 0 aliphatic rings. The quantitative estimate of drug-likeness (QED) is 0.599. The van der Waals surface area contributed by atoms with Crippen molar-refractivity contribution < 1.29 is 14.4 Å². The molecule has 1 aromatic carbocycles. The van der Waals surface area contributed by atoms with Crippen LogP contribution in [0.5, 0.6) is 0 Å². The zero-order chi connectivity index (χ0) is 11.3. The van der Waals surface area contributed by atoms with E-state index in [0.29, 0.717) is 18.4 Å². The third-order valence-corrected chi connectivity index (χ3v) is 3.60. The van der Waals surface area contributed by atoms with Crippen LogP contribution < -0.4 is 0 Å². The van der Waals surface area contributed by atoms with E-state index in [1.165, 1.54) is 0 Å². The highest BCUT2D eigenvalue weighted by molar-refractivity contribution is 7.52. The van der Waals surface area contributed by atoms with E-state index in [4.69, 9.17) is 0 Å². The molecule has 0 radical (unpaired) electrons.